The van der Waals surface area contributed by atoms with Crippen molar-refractivity contribution < 1.29 is 28.1 Å². The van der Waals surface area contributed by atoms with Gasteiger partial charge >= 0.3 is 0 Å². The molecule has 3 aromatic heterocycles. The van der Waals surface area contributed by atoms with Gasteiger partial charge in [-0.25, -0.2) is 9.37 Å². The Hall–Kier alpha value is -5.32. The van der Waals surface area contributed by atoms with Crippen LogP contribution in [0.5, 0.6) is 28.9 Å². The molecule has 0 atom stereocenters. The molecule has 0 unspecified atom stereocenters. The zero-order valence-electron chi connectivity index (χ0n) is 22.1. The summed E-state index contributed by atoms with van der Waals surface area (Å²) in [5.41, 5.74) is 3.30. The first-order valence-corrected chi connectivity index (χ1v) is 12.1. The first kappa shape index (κ1) is 26.3. The van der Waals surface area contributed by atoms with Gasteiger partial charge in [0.2, 0.25) is 0 Å². The van der Waals surface area contributed by atoms with E-state index in [1.807, 2.05) is 0 Å². The van der Waals surface area contributed by atoms with Gasteiger partial charge in [-0.05, 0) is 48.9 Å². The molecule has 0 aliphatic rings. The van der Waals surface area contributed by atoms with Gasteiger partial charge in [0.25, 0.3) is 11.8 Å². The highest BCUT2D eigenvalue weighted by Gasteiger charge is 2.22. The van der Waals surface area contributed by atoms with E-state index in [4.69, 9.17) is 18.9 Å². The molecule has 0 aliphatic carbocycles. The maximum atomic E-state index is 13.5. The van der Waals surface area contributed by atoms with E-state index < -0.39 is 5.91 Å². The number of carbonyl (C=O) groups is 1. The van der Waals surface area contributed by atoms with Crippen LogP contribution in [0.4, 0.5) is 10.1 Å². The van der Waals surface area contributed by atoms with Crippen LogP contribution in [0.1, 0.15) is 16.2 Å². The summed E-state index contributed by atoms with van der Waals surface area (Å²) in [6.45, 7) is 1.74. The van der Waals surface area contributed by atoms with Crippen molar-refractivity contribution in [1.29, 1.82) is 0 Å². The number of aryl methyl sites for hydroxylation is 1. The molecule has 5 aromatic rings. The van der Waals surface area contributed by atoms with Gasteiger partial charge in [-0.15, -0.1) is 5.10 Å². The lowest BCUT2D eigenvalue weighted by atomic mass is 10.0. The Labute approximate surface area is 228 Å². The summed E-state index contributed by atoms with van der Waals surface area (Å²) in [5.74, 6) is 1.08. The number of hydrogen-bond acceptors (Lipinski definition) is 9. The van der Waals surface area contributed by atoms with Gasteiger partial charge in [0.15, 0.2) is 22.9 Å². The minimum atomic E-state index is -0.522. The van der Waals surface area contributed by atoms with Gasteiger partial charge in [0.05, 0.1) is 32.5 Å². The fraction of sp³-hybridized carbons (Fsp3) is 0.138. The van der Waals surface area contributed by atoms with Gasteiger partial charge < -0.3 is 24.3 Å². The Kier molecular flexibility index (Phi) is 7.36. The van der Waals surface area contributed by atoms with E-state index in [1.54, 1.807) is 61.7 Å². The van der Waals surface area contributed by atoms with Crippen molar-refractivity contribution in [3.05, 3.63) is 84.1 Å². The predicted octanol–water partition coefficient (Wildman–Crippen LogP) is 5.60. The number of fused-ring (bicyclic) bond motifs is 1. The molecule has 0 radical (unpaired) electrons. The van der Waals surface area contributed by atoms with Gasteiger partial charge in [0, 0.05) is 29.6 Å². The topological polar surface area (TPSA) is 118 Å². The molecule has 0 spiro atoms. The Balaban J connectivity index is 1.37. The normalized spacial score (nSPS) is 10.7. The molecule has 0 saturated heterocycles. The summed E-state index contributed by atoms with van der Waals surface area (Å²) in [7, 11) is 4.47. The lowest BCUT2D eigenvalue weighted by Crippen LogP contribution is -2.17. The Morgan fingerprint density at radius 2 is 1.62 bits per heavy atom. The van der Waals surface area contributed by atoms with Crippen LogP contribution in [0.15, 0.2) is 66.9 Å². The second-order valence-corrected chi connectivity index (χ2v) is 8.51. The molecule has 3 heterocycles. The number of ether oxygens (including phenoxy) is 4. The van der Waals surface area contributed by atoms with E-state index in [0.717, 1.165) is 0 Å². The molecule has 2 aromatic carbocycles. The van der Waals surface area contributed by atoms with E-state index in [1.165, 1.54) is 33.5 Å². The number of nitrogens with one attached hydrogen (secondary N) is 1. The minimum Gasteiger partial charge on any atom is -0.493 e. The Morgan fingerprint density at radius 3 is 2.30 bits per heavy atom. The second-order valence-electron chi connectivity index (χ2n) is 8.51. The molecule has 0 aliphatic heterocycles. The molecule has 1 N–H and O–H groups in total. The summed E-state index contributed by atoms with van der Waals surface area (Å²) in [6.07, 6.45) is 1.61. The highest BCUT2D eigenvalue weighted by Crippen LogP contribution is 2.36. The molecule has 10 nitrogen and oxygen atoms in total. The van der Waals surface area contributed by atoms with Crippen LogP contribution >= 0.6 is 0 Å². The number of carbonyl (C=O) groups excluding carboxylic acids is 1. The Morgan fingerprint density at radius 1 is 0.875 bits per heavy atom. The molecule has 40 heavy (non-hydrogen) atoms. The van der Waals surface area contributed by atoms with E-state index in [9.17, 15) is 9.18 Å². The number of aromatic nitrogens is 4. The van der Waals surface area contributed by atoms with Crippen molar-refractivity contribution >= 4 is 22.6 Å². The van der Waals surface area contributed by atoms with Crippen LogP contribution in [0.25, 0.3) is 22.2 Å². The summed E-state index contributed by atoms with van der Waals surface area (Å²) < 4.78 is 35.7. The monoisotopic (exact) mass is 541 g/mol. The number of rotatable bonds is 8. The average molecular weight is 542 g/mol. The van der Waals surface area contributed by atoms with Crippen LogP contribution in [-0.2, 0) is 0 Å². The number of hydrogen-bond donors (Lipinski definition) is 1. The number of halogens is 1. The molecule has 0 bridgehead atoms. The maximum absolute atomic E-state index is 13.5. The smallest absolute Gasteiger partial charge is 0.280 e. The van der Waals surface area contributed by atoms with E-state index in [0.29, 0.717) is 56.7 Å². The lowest BCUT2D eigenvalue weighted by molar-refractivity contribution is 0.101. The van der Waals surface area contributed by atoms with Crippen LogP contribution < -0.4 is 24.3 Å². The van der Waals surface area contributed by atoms with Gasteiger partial charge in [-0.2, -0.15) is 5.10 Å². The standard InChI is InChI=1S/C29H24FN5O5/c1-16-24(17-5-7-18(30)8-6-17)27(38-3)26(35-34-16)28(36)32-19-9-11-20(12-10-19)40-22-13-14-31-21-15-23(37-2)29(39-4)33-25(21)22/h5-15H,1-4H3,(H,32,36). The Bertz CT molecular complexity index is 1700. The van der Waals surface area contributed by atoms with E-state index in [2.05, 4.69) is 25.5 Å². The summed E-state index contributed by atoms with van der Waals surface area (Å²) in [6, 6.07) is 16.0. The number of pyridine rings is 2. The first-order valence-electron chi connectivity index (χ1n) is 12.1. The number of methoxy groups -OCH3 is 3. The van der Waals surface area contributed by atoms with Crippen molar-refractivity contribution in [3.63, 3.8) is 0 Å². The fourth-order valence-corrected chi connectivity index (χ4v) is 4.12. The van der Waals surface area contributed by atoms with Crippen molar-refractivity contribution in [2.75, 3.05) is 26.6 Å². The van der Waals surface area contributed by atoms with E-state index >= 15 is 0 Å². The van der Waals surface area contributed by atoms with Crippen LogP contribution in [-0.4, -0.2) is 47.4 Å². The maximum Gasteiger partial charge on any atom is 0.280 e. The summed E-state index contributed by atoms with van der Waals surface area (Å²) in [5, 5.41) is 11.0. The first-order chi connectivity index (χ1) is 19.4. The molecular weight excluding hydrogens is 517 g/mol. The highest BCUT2D eigenvalue weighted by atomic mass is 19.1. The highest BCUT2D eigenvalue weighted by molar-refractivity contribution is 6.06. The van der Waals surface area contributed by atoms with Crippen molar-refractivity contribution in [3.8, 4) is 40.0 Å². The molecular formula is C29H24FN5O5. The average Bonchev–Trinajstić information content (AvgIpc) is 2.97. The number of nitrogens with zero attached hydrogens (tertiary/aromatic N) is 4. The number of benzene rings is 2. The fourth-order valence-electron chi connectivity index (χ4n) is 4.12. The molecule has 202 valence electrons. The zero-order chi connectivity index (χ0) is 28.2. The molecule has 0 saturated carbocycles. The third-order valence-corrected chi connectivity index (χ3v) is 6.02. The van der Waals surface area contributed by atoms with Crippen LogP contribution in [0, 0.1) is 12.7 Å². The molecule has 5 rings (SSSR count). The quantitative estimate of drug-likeness (QED) is 0.268. The van der Waals surface area contributed by atoms with Crippen LogP contribution in [0.3, 0.4) is 0 Å². The van der Waals surface area contributed by atoms with Crippen molar-refractivity contribution in [1.82, 2.24) is 20.2 Å². The molecule has 0 fully saturated rings. The van der Waals surface area contributed by atoms with Gasteiger partial charge in [0.1, 0.15) is 17.1 Å². The predicted molar refractivity (Wildman–Crippen MR) is 146 cm³/mol. The third-order valence-electron chi connectivity index (χ3n) is 6.02. The molecule has 11 heteroatoms. The van der Waals surface area contributed by atoms with Gasteiger partial charge in [-0.3, -0.25) is 9.78 Å². The van der Waals surface area contributed by atoms with Crippen molar-refractivity contribution in [2.24, 2.45) is 0 Å². The number of amides is 1. The number of anilines is 1. The van der Waals surface area contributed by atoms with Crippen LogP contribution in [0.2, 0.25) is 0 Å². The summed E-state index contributed by atoms with van der Waals surface area (Å²) >= 11 is 0. The zero-order valence-corrected chi connectivity index (χ0v) is 22.1. The molecule has 1 amide bonds. The third kappa shape index (κ3) is 5.17. The van der Waals surface area contributed by atoms with E-state index in [-0.39, 0.29) is 17.3 Å². The lowest BCUT2D eigenvalue weighted by Gasteiger charge is -2.15. The van der Waals surface area contributed by atoms with Crippen molar-refractivity contribution in [2.45, 2.75) is 6.92 Å². The largest absolute Gasteiger partial charge is 0.493 e. The van der Waals surface area contributed by atoms with Gasteiger partial charge in [-0.1, -0.05) is 12.1 Å². The second kappa shape index (κ2) is 11.2. The SMILES string of the molecule is COc1cc2nccc(Oc3ccc(NC(=O)c4nnc(C)c(-c5ccc(F)cc5)c4OC)cc3)c2nc1OC. The minimum absolute atomic E-state index is 0.00791. The summed E-state index contributed by atoms with van der Waals surface area (Å²) in [4.78, 5) is 22.0.